The Kier molecular flexibility index (Phi) is 6.62. The number of anilines is 2. The molecule has 10 nitrogen and oxygen atoms in total. The number of ether oxygens (including phenoxy) is 1. The second-order valence-corrected chi connectivity index (χ2v) is 8.72. The van der Waals surface area contributed by atoms with Gasteiger partial charge < -0.3 is 20.3 Å². The van der Waals surface area contributed by atoms with Crippen LogP contribution in [0.15, 0.2) is 58.5 Å². The zero-order chi connectivity index (χ0) is 24.4. The predicted molar refractivity (Wildman–Crippen MR) is 134 cm³/mol. The van der Waals surface area contributed by atoms with E-state index in [0.717, 1.165) is 59.9 Å². The van der Waals surface area contributed by atoms with E-state index in [2.05, 4.69) is 10.1 Å². The molecule has 0 unspecified atom stereocenters. The third kappa shape index (κ3) is 4.45. The van der Waals surface area contributed by atoms with E-state index in [0.29, 0.717) is 29.6 Å². The molecular formula is C24H26N6O4S. The summed E-state index contributed by atoms with van der Waals surface area (Å²) >= 11 is 0.997. The molecule has 2 N–H and O–H groups in total. The number of fused-ring (bicyclic) bond motifs is 1. The molecule has 3 aromatic rings. The minimum Gasteiger partial charge on any atom is -0.497 e. The number of aliphatic imine (C=N–C) groups is 1. The number of nitrogens with zero attached hydrogens (tertiary/aromatic N) is 5. The number of aromatic nitrogens is 2. The summed E-state index contributed by atoms with van der Waals surface area (Å²) in [5.74, 6) is 1.11. The van der Waals surface area contributed by atoms with Crippen molar-refractivity contribution in [3.63, 3.8) is 0 Å². The van der Waals surface area contributed by atoms with Gasteiger partial charge in [0.25, 0.3) is 5.91 Å². The molecule has 0 radical (unpaired) electrons. The number of carbonyl (C=O) groups is 1. The van der Waals surface area contributed by atoms with Gasteiger partial charge in [0.2, 0.25) is 0 Å². The summed E-state index contributed by atoms with van der Waals surface area (Å²) in [6.07, 6.45) is 1.58. The van der Waals surface area contributed by atoms with Crippen molar-refractivity contribution in [2.24, 2.45) is 10.7 Å². The third-order valence-electron chi connectivity index (χ3n) is 6.04. The summed E-state index contributed by atoms with van der Waals surface area (Å²) < 4.78 is 12.0. The minimum atomic E-state index is -0.134. The largest absolute Gasteiger partial charge is 0.497 e. The Morgan fingerprint density at radius 1 is 0.943 bits per heavy atom. The van der Waals surface area contributed by atoms with Gasteiger partial charge in [-0.05, 0) is 61.4 Å². The normalized spacial score (nSPS) is 15.7. The Labute approximate surface area is 207 Å². The van der Waals surface area contributed by atoms with Crippen LogP contribution in [0.4, 0.5) is 11.4 Å². The van der Waals surface area contributed by atoms with E-state index < -0.39 is 0 Å². The van der Waals surface area contributed by atoms with Crippen LogP contribution in [0.5, 0.6) is 5.75 Å². The van der Waals surface area contributed by atoms with Crippen LogP contribution in [-0.4, -0.2) is 55.5 Å². The summed E-state index contributed by atoms with van der Waals surface area (Å²) in [5, 5.41) is 5.27. The van der Waals surface area contributed by atoms with Gasteiger partial charge in [0.15, 0.2) is 11.0 Å². The van der Waals surface area contributed by atoms with Crippen LogP contribution in [0.25, 0.3) is 5.69 Å². The standard InChI is InChI=1S/C24H26N6O4S/c1-32-19-10-8-18(9-11-19)30-21-20(22(27-30)35-34-33-2)12-15-28(23(21)31)16-4-6-17(7-5-16)29-14-3-13-26-24(29)25/h4-11H,3,12-15H2,1-2H3,(H2,25,26). The molecule has 1 aromatic heterocycles. The van der Waals surface area contributed by atoms with E-state index in [-0.39, 0.29) is 5.91 Å². The van der Waals surface area contributed by atoms with E-state index in [9.17, 15) is 4.79 Å². The van der Waals surface area contributed by atoms with Crippen LogP contribution >= 0.6 is 12.0 Å². The average Bonchev–Trinajstić information content (AvgIpc) is 3.27. The van der Waals surface area contributed by atoms with Crippen LogP contribution < -0.4 is 20.3 Å². The highest BCUT2D eigenvalue weighted by molar-refractivity contribution is 7.94. The molecule has 0 saturated carbocycles. The third-order valence-corrected chi connectivity index (χ3v) is 6.73. The van der Waals surface area contributed by atoms with Crippen molar-refractivity contribution < 1.29 is 18.8 Å². The van der Waals surface area contributed by atoms with Crippen molar-refractivity contribution in [2.75, 3.05) is 43.7 Å². The molecular weight excluding hydrogens is 468 g/mol. The topological polar surface area (TPSA) is 107 Å². The van der Waals surface area contributed by atoms with E-state index in [1.165, 1.54) is 7.11 Å². The fourth-order valence-corrected chi connectivity index (χ4v) is 4.86. The van der Waals surface area contributed by atoms with Crippen LogP contribution in [-0.2, 0) is 15.6 Å². The Balaban J connectivity index is 1.47. The smallest absolute Gasteiger partial charge is 0.277 e. The molecule has 0 bridgehead atoms. The van der Waals surface area contributed by atoms with Gasteiger partial charge in [0, 0.05) is 36.6 Å². The lowest BCUT2D eigenvalue weighted by Crippen LogP contribution is -2.41. The summed E-state index contributed by atoms with van der Waals surface area (Å²) in [6.45, 7) is 2.10. The van der Waals surface area contributed by atoms with E-state index in [1.54, 1.807) is 16.7 Å². The molecule has 2 aromatic carbocycles. The number of nitrogens with two attached hydrogens (primary N) is 1. The average molecular weight is 495 g/mol. The number of hydrogen-bond acceptors (Lipinski definition) is 9. The molecule has 5 rings (SSSR count). The van der Waals surface area contributed by atoms with Crippen molar-refractivity contribution in [3.05, 3.63) is 59.8 Å². The monoisotopic (exact) mass is 494 g/mol. The molecule has 35 heavy (non-hydrogen) atoms. The van der Waals surface area contributed by atoms with Gasteiger partial charge in [-0.2, -0.15) is 9.43 Å². The minimum absolute atomic E-state index is 0.134. The van der Waals surface area contributed by atoms with E-state index in [1.807, 2.05) is 53.4 Å². The molecule has 2 aliphatic heterocycles. The number of amides is 1. The number of benzene rings is 2. The molecule has 0 aliphatic carbocycles. The number of guanidine groups is 1. The van der Waals surface area contributed by atoms with Gasteiger partial charge in [-0.25, -0.2) is 9.57 Å². The Bertz CT molecular complexity index is 1240. The summed E-state index contributed by atoms with van der Waals surface area (Å²) in [6, 6.07) is 15.2. The maximum absolute atomic E-state index is 13.8. The van der Waals surface area contributed by atoms with Crippen molar-refractivity contribution in [2.45, 2.75) is 17.9 Å². The first-order chi connectivity index (χ1) is 17.1. The van der Waals surface area contributed by atoms with Crippen molar-refractivity contribution in [1.29, 1.82) is 0 Å². The zero-order valence-electron chi connectivity index (χ0n) is 19.5. The lowest BCUT2D eigenvalue weighted by molar-refractivity contribution is -0.160. The first kappa shape index (κ1) is 23.2. The van der Waals surface area contributed by atoms with E-state index >= 15 is 0 Å². The molecule has 0 fully saturated rings. The molecule has 11 heteroatoms. The molecule has 1 amide bonds. The van der Waals surface area contributed by atoms with Gasteiger partial charge in [-0.3, -0.25) is 9.79 Å². The summed E-state index contributed by atoms with van der Waals surface area (Å²) in [7, 11) is 3.04. The maximum atomic E-state index is 13.8. The second-order valence-electron chi connectivity index (χ2n) is 8.03. The fourth-order valence-electron chi connectivity index (χ4n) is 4.31. The highest BCUT2D eigenvalue weighted by Crippen LogP contribution is 2.34. The first-order valence-corrected chi connectivity index (χ1v) is 12.0. The zero-order valence-corrected chi connectivity index (χ0v) is 20.3. The lowest BCUT2D eigenvalue weighted by atomic mass is 10.1. The highest BCUT2D eigenvalue weighted by Gasteiger charge is 2.34. The molecule has 0 atom stereocenters. The first-order valence-electron chi connectivity index (χ1n) is 11.2. The second kappa shape index (κ2) is 9.98. The van der Waals surface area contributed by atoms with Crippen LogP contribution in [0.2, 0.25) is 0 Å². The maximum Gasteiger partial charge on any atom is 0.277 e. The van der Waals surface area contributed by atoms with E-state index in [4.69, 9.17) is 19.7 Å². The van der Waals surface area contributed by atoms with Crippen LogP contribution in [0.3, 0.4) is 0 Å². The van der Waals surface area contributed by atoms with Gasteiger partial charge in [0.05, 0.1) is 31.9 Å². The van der Waals surface area contributed by atoms with Crippen LogP contribution in [0.1, 0.15) is 22.5 Å². The summed E-state index contributed by atoms with van der Waals surface area (Å²) in [5.41, 5.74) is 9.91. The Hall–Kier alpha value is -3.54. The predicted octanol–water partition coefficient (Wildman–Crippen LogP) is 3.19. The molecule has 3 heterocycles. The molecule has 0 spiro atoms. The van der Waals surface area contributed by atoms with Gasteiger partial charge >= 0.3 is 0 Å². The van der Waals surface area contributed by atoms with Gasteiger partial charge in [-0.15, -0.1) is 0 Å². The van der Waals surface area contributed by atoms with Crippen molar-refractivity contribution in [1.82, 2.24) is 9.78 Å². The number of methoxy groups -OCH3 is 1. The van der Waals surface area contributed by atoms with Crippen molar-refractivity contribution >= 4 is 35.3 Å². The number of rotatable bonds is 7. The SMILES string of the molecule is COOSc1nn(-c2ccc(OC)cc2)c2c1CCN(c1ccc(N3CCCN=C3N)cc1)C2=O. The fraction of sp³-hybridized carbons (Fsp3) is 0.292. The van der Waals surface area contributed by atoms with Gasteiger partial charge in [0.1, 0.15) is 11.4 Å². The number of hydrogen-bond donors (Lipinski definition) is 1. The lowest BCUT2D eigenvalue weighted by Gasteiger charge is -2.29. The van der Waals surface area contributed by atoms with Crippen LogP contribution in [0, 0.1) is 0 Å². The Morgan fingerprint density at radius 3 is 2.29 bits per heavy atom. The molecule has 2 aliphatic rings. The quantitative estimate of drug-likeness (QED) is 0.303. The Morgan fingerprint density at radius 2 is 1.63 bits per heavy atom. The highest BCUT2D eigenvalue weighted by atomic mass is 32.2. The molecule has 0 saturated heterocycles. The summed E-state index contributed by atoms with van der Waals surface area (Å²) in [4.78, 5) is 26.6. The van der Waals surface area contributed by atoms with Crippen molar-refractivity contribution in [3.8, 4) is 11.4 Å². The molecule has 182 valence electrons. The van der Waals surface area contributed by atoms with Gasteiger partial charge in [-0.1, -0.05) is 0 Å². The number of carbonyl (C=O) groups excluding carboxylic acids is 1.